The molecule has 120 valence electrons. The van der Waals surface area contributed by atoms with Gasteiger partial charge in [0.25, 0.3) is 5.91 Å². The van der Waals surface area contributed by atoms with E-state index in [0.29, 0.717) is 17.0 Å². The maximum atomic E-state index is 12.3. The minimum atomic E-state index is -0.656. The molecule has 1 amide bonds. The molecule has 0 fully saturated rings. The summed E-state index contributed by atoms with van der Waals surface area (Å²) in [5.41, 5.74) is 2.19. The number of nitrogens with one attached hydrogen (secondary N) is 1. The average molecular weight is 337 g/mol. The molecular weight excluding hydrogens is 322 g/mol. The van der Waals surface area contributed by atoms with Crippen LogP contribution in [0, 0.1) is 18.3 Å². The van der Waals surface area contributed by atoms with Crippen LogP contribution in [-0.2, 0) is 4.79 Å². The number of thiazole rings is 1. The van der Waals surface area contributed by atoms with E-state index in [2.05, 4.69) is 10.3 Å². The number of aromatic nitrogens is 1. The Morgan fingerprint density at radius 2 is 2.04 bits per heavy atom. The topological polar surface area (TPSA) is 75.0 Å². The van der Waals surface area contributed by atoms with Gasteiger partial charge in [-0.2, -0.15) is 5.26 Å². The van der Waals surface area contributed by atoms with Crippen LogP contribution in [0.4, 0.5) is 5.69 Å². The van der Waals surface area contributed by atoms with E-state index in [1.807, 2.05) is 31.2 Å². The highest BCUT2D eigenvalue weighted by Gasteiger charge is 2.15. The Kier molecular flexibility index (Phi) is 4.45. The molecule has 0 aliphatic heterocycles. The fourth-order valence-corrected chi connectivity index (χ4v) is 3.09. The predicted octanol–water partition coefficient (Wildman–Crippen LogP) is 3.88. The van der Waals surface area contributed by atoms with Crippen LogP contribution in [0.2, 0.25) is 0 Å². The second-order valence-corrected chi connectivity index (χ2v) is 6.54. The summed E-state index contributed by atoms with van der Waals surface area (Å²) in [4.78, 5) is 16.7. The number of rotatable bonds is 4. The van der Waals surface area contributed by atoms with Gasteiger partial charge in [0.2, 0.25) is 0 Å². The fourth-order valence-electron chi connectivity index (χ4n) is 2.23. The minimum absolute atomic E-state index is 0.236. The molecule has 0 saturated carbocycles. The highest BCUT2D eigenvalue weighted by molar-refractivity contribution is 7.18. The monoisotopic (exact) mass is 337 g/mol. The standard InChI is InChI=1S/C18H15N3O2S/c1-11(23-15-6-3-13(10-19)4-7-15)18(22)21-14-5-8-16-17(9-14)24-12(2)20-16/h3-9,11H,1-2H3,(H,21,22)/t11-/m1/s1. The van der Waals surface area contributed by atoms with Gasteiger partial charge in [-0.25, -0.2) is 4.98 Å². The Bertz CT molecular complexity index is 926. The molecule has 6 heteroatoms. The van der Waals surface area contributed by atoms with E-state index in [0.717, 1.165) is 15.2 Å². The number of carbonyl (C=O) groups excluding carboxylic acids is 1. The Balaban J connectivity index is 1.67. The van der Waals surface area contributed by atoms with Crippen molar-refractivity contribution in [3.63, 3.8) is 0 Å². The van der Waals surface area contributed by atoms with E-state index in [1.165, 1.54) is 0 Å². The normalized spacial score (nSPS) is 11.7. The van der Waals surface area contributed by atoms with E-state index >= 15 is 0 Å². The molecule has 0 bridgehead atoms. The van der Waals surface area contributed by atoms with Crippen molar-refractivity contribution < 1.29 is 9.53 Å². The van der Waals surface area contributed by atoms with Crippen LogP contribution in [0.1, 0.15) is 17.5 Å². The number of fused-ring (bicyclic) bond motifs is 1. The number of amides is 1. The lowest BCUT2D eigenvalue weighted by atomic mass is 10.2. The largest absolute Gasteiger partial charge is 0.481 e. The van der Waals surface area contributed by atoms with Crippen molar-refractivity contribution in [3.8, 4) is 11.8 Å². The predicted molar refractivity (Wildman–Crippen MR) is 94.2 cm³/mol. The molecule has 0 saturated heterocycles. The van der Waals surface area contributed by atoms with Gasteiger partial charge < -0.3 is 10.1 Å². The van der Waals surface area contributed by atoms with Crippen molar-refractivity contribution in [2.24, 2.45) is 0 Å². The first-order valence-corrected chi connectivity index (χ1v) is 8.21. The van der Waals surface area contributed by atoms with Crippen LogP contribution in [0.25, 0.3) is 10.2 Å². The summed E-state index contributed by atoms with van der Waals surface area (Å²) in [6.45, 7) is 3.64. The SMILES string of the molecule is Cc1nc2ccc(NC(=O)[C@@H](C)Oc3ccc(C#N)cc3)cc2s1. The van der Waals surface area contributed by atoms with Crippen LogP contribution >= 0.6 is 11.3 Å². The van der Waals surface area contributed by atoms with Gasteiger partial charge in [-0.05, 0) is 56.3 Å². The highest BCUT2D eigenvalue weighted by Crippen LogP contribution is 2.25. The van der Waals surface area contributed by atoms with Gasteiger partial charge in [0.1, 0.15) is 5.75 Å². The number of hydrogen-bond donors (Lipinski definition) is 1. The molecule has 5 nitrogen and oxygen atoms in total. The number of anilines is 1. The molecule has 3 rings (SSSR count). The zero-order chi connectivity index (χ0) is 17.1. The number of nitriles is 1. The van der Waals surface area contributed by atoms with Crippen molar-refractivity contribution in [2.45, 2.75) is 20.0 Å². The Morgan fingerprint density at radius 1 is 1.29 bits per heavy atom. The maximum absolute atomic E-state index is 12.3. The summed E-state index contributed by atoms with van der Waals surface area (Å²) >= 11 is 1.59. The lowest BCUT2D eigenvalue weighted by Crippen LogP contribution is -2.30. The van der Waals surface area contributed by atoms with Gasteiger partial charge >= 0.3 is 0 Å². The van der Waals surface area contributed by atoms with Gasteiger partial charge in [0, 0.05) is 5.69 Å². The number of nitrogens with zero attached hydrogens (tertiary/aromatic N) is 2. The van der Waals surface area contributed by atoms with E-state index in [9.17, 15) is 4.79 Å². The number of hydrogen-bond acceptors (Lipinski definition) is 5. The smallest absolute Gasteiger partial charge is 0.265 e. The molecule has 0 spiro atoms. The number of aryl methyl sites for hydroxylation is 1. The van der Waals surface area contributed by atoms with E-state index < -0.39 is 6.10 Å². The third kappa shape index (κ3) is 3.53. The summed E-state index contributed by atoms with van der Waals surface area (Å²) in [5, 5.41) is 12.6. The average Bonchev–Trinajstić information content (AvgIpc) is 2.94. The molecule has 2 aromatic carbocycles. The molecule has 1 heterocycles. The molecular formula is C18H15N3O2S. The second kappa shape index (κ2) is 6.69. The van der Waals surface area contributed by atoms with Crippen molar-refractivity contribution in [2.75, 3.05) is 5.32 Å². The van der Waals surface area contributed by atoms with Crippen molar-refractivity contribution in [3.05, 3.63) is 53.0 Å². The molecule has 1 atom stereocenters. The van der Waals surface area contributed by atoms with E-state index in [1.54, 1.807) is 42.5 Å². The van der Waals surface area contributed by atoms with E-state index in [-0.39, 0.29) is 5.91 Å². The third-order valence-corrected chi connectivity index (χ3v) is 4.36. The summed E-state index contributed by atoms with van der Waals surface area (Å²) in [6, 6.07) is 14.3. The Hall–Kier alpha value is -2.91. The quantitative estimate of drug-likeness (QED) is 0.784. The van der Waals surface area contributed by atoms with Crippen LogP contribution < -0.4 is 10.1 Å². The molecule has 1 aromatic heterocycles. The first kappa shape index (κ1) is 16.0. The van der Waals surface area contributed by atoms with Crippen LogP contribution in [0.3, 0.4) is 0 Å². The summed E-state index contributed by atoms with van der Waals surface area (Å²) in [6.07, 6.45) is -0.656. The summed E-state index contributed by atoms with van der Waals surface area (Å²) in [7, 11) is 0. The van der Waals surface area contributed by atoms with Crippen LogP contribution in [0.5, 0.6) is 5.75 Å². The molecule has 0 aliphatic carbocycles. The molecule has 0 radical (unpaired) electrons. The van der Waals surface area contributed by atoms with Crippen molar-refractivity contribution in [1.29, 1.82) is 5.26 Å². The van der Waals surface area contributed by atoms with Crippen LogP contribution in [-0.4, -0.2) is 17.0 Å². The minimum Gasteiger partial charge on any atom is -0.481 e. The fraction of sp³-hybridized carbons (Fsp3) is 0.167. The molecule has 24 heavy (non-hydrogen) atoms. The highest BCUT2D eigenvalue weighted by atomic mass is 32.1. The first-order chi connectivity index (χ1) is 11.5. The number of ether oxygens (including phenoxy) is 1. The lowest BCUT2D eigenvalue weighted by molar-refractivity contribution is -0.122. The molecule has 0 aliphatic rings. The zero-order valence-corrected chi connectivity index (χ0v) is 14.1. The summed E-state index contributed by atoms with van der Waals surface area (Å²) < 4.78 is 6.64. The second-order valence-electron chi connectivity index (χ2n) is 5.30. The van der Waals surface area contributed by atoms with Gasteiger partial charge in [0.05, 0.1) is 26.9 Å². The van der Waals surface area contributed by atoms with Gasteiger partial charge in [-0.3, -0.25) is 4.79 Å². The van der Waals surface area contributed by atoms with Gasteiger partial charge in [-0.15, -0.1) is 11.3 Å². The first-order valence-electron chi connectivity index (χ1n) is 7.40. The molecule has 0 unspecified atom stereocenters. The molecule has 3 aromatic rings. The Labute approximate surface area is 143 Å². The molecule has 1 N–H and O–H groups in total. The van der Waals surface area contributed by atoms with Crippen molar-refractivity contribution >= 4 is 33.1 Å². The third-order valence-electron chi connectivity index (χ3n) is 3.43. The summed E-state index contributed by atoms with van der Waals surface area (Å²) in [5.74, 6) is 0.310. The van der Waals surface area contributed by atoms with Crippen LogP contribution in [0.15, 0.2) is 42.5 Å². The maximum Gasteiger partial charge on any atom is 0.265 e. The Morgan fingerprint density at radius 3 is 2.75 bits per heavy atom. The van der Waals surface area contributed by atoms with Gasteiger partial charge in [-0.1, -0.05) is 0 Å². The number of carbonyl (C=O) groups is 1. The van der Waals surface area contributed by atoms with E-state index in [4.69, 9.17) is 10.00 Å². The lowest BCUT2D eigenvalue weighted by Gasteiger charge is -2.14. The van der Waals surface area contributed by atoms with Crippen molar-refractivity contribution in [1.82, 2.24) is 4.98 Å². The zero-order valence-electron chi connectivity index (χ0n) is 13.2. The number of benzene rings is 2. The van der Waals surface area contributed by atoms with Gasteiger partial charge in [0.15, 0.2) is 6.10 Å².